The Kier molecular flexibility index (Phi) is 5.62. The zero-order chi connectivity index (χ0) is 14.7. The predicted octanol–water partition coefficient (Wildman–Crippen LogP) is 2.72. The fourth-order valence-corrected chi connectivity index (χ4v) is 3.86. The van der Waals surface area contributed by atoms with Crippen LogP contribution in [0, 0.1) is 23.7 Å². The first-order chi connectivity index (χ1) is 9.47. The predicted molar refractivity (Wildman–Crippen MR) is 81.5 cm³/mol. The minimum absolute atomic E-state index is 0.182. The third kappa shape index (κ3) is 4.05. The number of hydrogen-bond acceptors (Lipinski definition) is 3. The van der Waals surface area contributed by atoms with E-state index in [9.17, 15) is 9.90 Å². The number of aliphatic hydroxyl groups excluding tert-OH is 1. The molecule has 1 aliphatic carbocycles. The van der Waals surface area contributed by atoms with Crippen LogP contribution in [0.3, 0.4) is 0 Å². The van der Waals surface area contributed by atoms with Gasteiger partial charge in [0.05, 0.1) is 6.10 Å². The van der Waals surface area contributed by atoms with Crippen molar-refractivity contribution < 1.29 is 9.90 Å². The molecule has 3 atom stereocenters. The van der Waals surface area contributed by atoms with Crippen LogP contribution in [0.1, 0.15) is 52.9 Å². The van der Waals surface area contributed by atoms with Gasteiger partial charge in [-0.3, -0.25) is 4.79 Å². The first-order valence-electron chi connectivity index (χ1n) is 8.40. The van der Waals surface area contributed by atoms with Gasteiger partial charge in [-0.25, -0.2) is 0 Å². The maximum Gasteiger partial charge on any atom is 0.137 e. The van der Waals surface area contributed by atoms with Gasteiger partial charge >= 0.3 is 0 Å². The van der Waals surface area contributed by atoms with Crippen molar-refractivity contribution in [1.82, 2.24) is 4.90 Å². The molecule has 0 spiro atoms. The van der Waals surface area contributed by atoms with Gasteiger partial charge in [0.1, 0.15) is 5.78 Å². The molecule has 1 heterocycles. The smallest absolute Gasteiger partial charge is 0.137 e. The van der Waals surface area contributed by atoms with E-state index in [0.29, 0.717) is 17.6 Å². The minimum atomic E-state index is -0.182. The third-order valence-electron chi connectivity index (χ3n) is 5.54. The zero-order valence-corrected chi connectivity index (χ0v) is 13.3. The van der Waals surface area contributed by atoms with E-state index in [4.69, 9.17) is 0 Å². The highest BCUT2D eigenvalue weighted by Crippen LogP contribution is 2.33. The van der Waals surface area contributed by atoms with E-state index < -0.39 is 0 Å². The van der Waals surface area contributed by atoms with Crippen molar-refractivity contribution in [3.63, 3.8) is 0 Å². The molecule has 2 fully saturated rings. The van der Waals surface area contributed by atoms with Crippen LogP contribution in [0.5, 0.6) is 0 Å². The number of carbonyl (C=O) groups excluding carboxylic acids is 1. The number of likely N-dealkylation sites (tertiary alicyclic amines) is 1. The Balaban J connectivity index is 1.82. The maximum absolute atomic E-state index is 12.1. The van der Waals surface area contributed by atoms with Crippen LogP contribution in [0.4, 0.5) is 0 Å². The van der Waals surface area contributed by atoms with Gasteiger partial charge in [-0.15, -0.1) is 0 Å². The number of Topliss-reactive ketones (excluding diaryl/α,β-unsaturated/α-hetero) is 1. The van der Waals surface area contributed by atoms with Crippen LogP contribution in [0.2, 0.25) is 0 Å². The van der Waals surface area contributed by atoms with Crippen LogP contribution in [0.25, 0.3) is 0 Å². The van der Waals surface area contributed by atoms with Crippen LogP contribution in [0.15, 0.2) is 0 Å². The molecule has 1 saturated carbocycles. The molecule has 20 heavy (non-hydrogen) atoms. The summed E-state index contributed by atoms with van der Waals surface area (Å²) in [5.41, 5.74) is 0. The number of carbonyl (C=O) groups is 1. The number of nitrogens with zero attached hydrogens (tertiary/aromatic N) is 1. The van der Waals surface area contributed by atoms with Gasteiger partial charge in [-0.2, -0.15) is 0 Å². The molecule has 116 valence electrons. The molecular weight excluding hydrogens is 250 g/mol. The summed E-state index contributed by atoms with van der Waals surface area (Å²) in [5, 5.41) is 9.65. The van der Waals surface area contributed by atoms with E-state index in [1.807, 2.05) is 6.92 Å². The molecule has 3 heteroatoms. The molecular formula is C17H31NO2. The van der Waals surface area contributed by atoms with E-state index >= 15 is 0 Å². The largest absolute Gasteiger partial charge is 0.393 e. The fourth-order valence-electron chi connectivity index (χ4n) is 3.86. The van der Waals surface area contributed by atoms with Crippen molar-refractivity contribution in [3.05, 3.63) is 0 Å². The van der Waals surface area contributed by atoms with Gasteiger partial charge in [0, 0.05) is 18.9 Å². The lowest BCUT2D eigenvalue weighted by Crippen LogP contribution is -2.42. The minimum Gasteiger partial charge on any atom is -0.393 e. The summed E-state index contributed by atoms with van der Waals surface area (Å²) in [5.74, 6) is 2.63. The Hall–Kier alpha value is -0.410. The highest BCUT2D eigenvalue weighted by molar-refractivity contribution is 5.82. The van der Waals surface area contributed by atoms with Gasteiger partial charge in [-0.05, 0) is 63.5 Å². The second kappa shape index (κ2) is 7.04. The monoisotopic (exact) mass is 281 g/mol. The van der Waals surface area contributed by atoms with Gasteiger partial charge in [0.15, 0.2) is 0 Å². The molecule has 0 aromatic rings. The lowest BCUT2D eigenvalue weighted by atomic mass is 9.75. The summed E-state index contributed by atoms with van der Waals surface area (Å²) in [4.78, 5) is 14.6. The van der Waals surface area contributed by atoms with E-state index in [1.165, 1.54) is 0 Å². The zero-order valence-electron chi connectivity index (χ0n) is 13.3. The molecule has 1 aliphatic heterocycles. The summed E-state index contributed by atoms with van der Waals surface area (Å²) in [6, 6.07) is 0. The third-order valence-corrected chi connectivity index (χ3v) is 5.54. The Morgan fingerprint density at radius 2 is 1.80 bits per heavy atom. The van der Waals surface area contributed by atoms with Crippen LogP contribution in [-0.2, 0) is 4.79 Å². The molecule has 3 nitrogen and oxygen atoms in total. The Labute approximate surface area is 123 Å². The Morgan fingerprint density at radius 3 is 2.35 bits per heavy atom. The maximum atomic E-state index is 12.1. The van der Waals surface area contributed by atoms with Crippen LogP contribution in [-0.4, -0.2) is 41.5 Å². The second-order valence-electron chi connectivity index (χ2n) is 7.32. The van der Waals surface area contributed by atoms with Crippen molar-refractivity contribution >= 4 is 5.78 Å². The van der Waals surface area contributed by atoms with Gasteiger partial charge < -0.3 is 10.0 Å². The van der Waals surface area contributed by atoms with Crippen LogP contribution < -0.4 is 0 Å². The molecule has 0 bridgehead atoms. The fraction of sp³-hybridized carbons (Fsp3) is 0.941. The summed E-state index contributed by atoms with van der Waals surface area (Å²) in [7, 11) is 0. The topological polar surface area (TPSA) is 40.5 Å². The quantitative estimate of drug-likeness (QED) is 0.861. The molecule has 3 unspecified atom stereocenters. The summed E-state index contributed by atoms with van der Waals surface area (Å²) in [6.45, 7) is 9.52. The number of hydrogen-bond donors (Lipinski definition) is 1. The first-order valence-corrected chi connectivity index (χ1v) is 8.40. The highest BCUT2D eigenvalue weighted by Gasteiger charge is 2.32. The Morgan fingerprint density at radius 1 is 1.15 bits per heavy atom. The van der Waals surface area contributed by atoms with Crippen molar-refractivity contribution in [2.45, 2.75) is 59.0 Å². The second-order valence-corrected chi connectivity index (χ2v) is 7.32. The lowest BCUT2D eigenvalue weighted by Gasteiger charge is -2.37. The van der Waals surface area contributed by atoms with E-state index in [1.54, 1.807) is 0 Å². The highest BCUT2D eigenvalue weighted by atomic mass is 16.3. The summed E-state index contributed by atoms with van der Waals surface area (Å²) in [6.07, 6.45) is 4.94. The van der Waals surface area contributed by atoms with Gasteiger partial charge in [0.25, 0.3) is 0 Å². The van der Waals surface area contributed by atoms with E-state index in [0.717, 1.165) is 57.7 Å². The normalized spacial score (nSPS) is 31.8. The average molecular weight is 281 g/mol. The molecule has 1 saturated heterocycles. The number of aliphatic hydroxyl groups is 1. The Bertz CT molecular complexity index is 319. The number of piperidine rings is 1. The molecule has 2 aliphatic rings. The van der Waals surface area contributed by atoms with Crippen LogP contribution >= 0.6 is 0 Å². The molecule has 0 radical (unpaired) electrons. The van der Waals surface area contributed by atoms with Crippen molar-refractivity contribution in [1.29, 1.82) is 0 Å². The van der Waals surface area contributed by atoms with E-state index in [2.05, 4.69) is 18.7 Å². The molecule has 1 N–H and O–H groups in total. The van der Waals surface area contributed by atoms with Gasteiger partial charge in [-0.1, -0.05) is 13.8 Å². The van der Waals surface area contributed by atoms with Crippen molar-refractivity contribution in [2.75, 3.05) is 19.6 Å². The van der Waals surface area contributed by atoms with Gasteiger partial charge in [0.2, 0.25) is 0 Å². The van der Waals surface area contributed by atoms with E-state index in [-0.39, 0.29) is 12.0 Å². The number of ketones is 1. The van der Waals surface area contributed by atoms with Crippen molar-refractivity contribution in [3.8, 4) is 0 Å². The average Bonchev–Trinajstić information content (AvgIpc) is 2.41. The lowest BCUT2D eigenvalue weighted by molar-refractivity contribution is -0.127. The first kappa shape index (κ1) is 16.0. The number of rotatable bonds is 4. The summed E-state index contributed by atoms with van der Waals surface area (Å²) >= 11 is 0. The summed E-state index contributed by atoms with van der Waals surface area (Å²) < 4.78 is 0. The SMILES string of the molecule is CC(C)C1CCC(=O)C(CN2CCC(C(C)O)CC2)C1. The molecule has 0 amide bonds. The molecule has 0 aromatic heterocycles. The molecule has 0 aromatic carbocycles. The van der Waals surface area contributed by atoms with Crippen molar-refractivity contribution in [2.24, 2.45) is 23.7 Å². The standard InChI is InChI=1S/C17H31NO2/c1-12(2)15-4-5-17(20)16(10-15)11-18-8-6-14(7-9-18)13(3)19/h12-16,19H,4-11H2,1-3H3. The molecule has 2 rings (SSSR count).